The second-order valence-electron chi connectivity index (χ2n) is 6.71. The average molecular weight is 386 g/mol. The lowest BCUT2D eigenvalue weighted by atomic mass is 10.0. The van der Waals surface area contributed by atoms with E-state index >= 15 is 0 Å². The van der Waals surface area contributed by atoms with E-state index in [0.29, 0.717) is 17.9 Å². The molecule has 0 aliphatic heterocycles. The Hall–Kier alpha value is -3.73. The summed E-state index contributed by atoms with van der Waals surface area (Å²) in [5, 5.41) is 4.30. The minimum absolute atomic E-state index is 0.128. The number of fused-ring (bicyclic) bond motifs is 1. The van der Waals surface area contributed by atoms with Crippen molar-refractivity contribution in [1.29, 1.82) is 0 Å². The maximum atomic E-state index is 12.5. The molecule has 0 saturated carbocycles. The first-order chi connectivity index (χ1) is 14.2. The summed E-state index contributed by atoms with van der Waals surface area (Å²) < 4.78 is 10.7. The van der Waals surface area contributed by atoms with Gasteiger partial charge in [-0.15, -0.1) is 0 Å². The van der Waals surface area contributed by atoms with Crippen LogP contribution in [0.1, 0.15) is 5.56 Å². The van der Waals surface area contributed by atoms with Crippen molar-refractivity contribution in [2.45, 2.75) is 6.54 Å². The number of ether oxygens (including phenoxy) is 2. The summed E-state index contributed by atoms with van der Waals surface area (Å²) in [5.41, 5.74) is 4.31. The van der Waals surface area contributed by atoms with Crippen LogP contribution < -0.4 is 20.3 Å². The Labute approximate surface area is 168 Å². The third-order valence-electron chi connectivity index (χ3n) is 4.91. The molecule has 0 unspecified atom stereocenters. The predicted octanol–water partition coefficient (Wildman–Crippen LogP) is 4.82. The Balaban J connectivity index is 1.63. The summed E-state index contributed by atoms with van der Waals surface area (Å²) in [6.07, 6.45) is 0. The molecule has 5 heteroatoms. The Morgan fingerprint density at radius 2 is 1.69 bits per heavy atom. The van der Waals surface area contributed by atoms with E-state index in [1.54, 1.807) is 14.2 Å². The van der Waals surface area contributed by atoms with Gasteiger partial charge in [0.15, 0.2) is 0 Å². The van der Waals surface area contributed by atoms with Gasteiger partial charge >= 0.3 is 0 Å². The van der Waals surface area contributed by atoms with Crippen molar-refractivity contribution >= 4 is 16.6 Å². The standard InChI is InChI=1S/C24H22N2O3/c1-28-20-10-8-18-12-19(24(27)26-21(18)14-20)15-25-22-13-17(9-11-23(22)29-2)16-6-4-3-5-7-16/h3-14,25H,15H2,1-2H3,(H,26,27). The number of hydrogen-bond acceptors (Lipinski definition) is 4. The van der Waals surface area contributed by atoms with Gasteiger partial charge in [-0.2, -0.15) is 0 Å². The molecule has 5 nitrogen and oxygen atoms in total. The van der Waals surface area contributed by atoms with E-state index in [9.17, 15) is 4.79 Å². The molecule has 1 heterocycles. The van der Waals surface area contributed by atoms with E-state index in [0.717, 1.165) is 33.5 Å². The third-order valence-corrected chi connectivity index (χ3v) is 4.91. The van der Waals surface area contributed by atoms with E-state index < -0.39 is 0 Å². The number of H-pyrrole nitrogens is 1. The molecular weight excluding hydrogens is 364 g/mol. The highest BCUT2D eigenvalue weighted by Gasteiger charge is 2.09. The van der Waals surface area contributed by atoms with Gasteiger partial charge in [-0.05, 0) is 46.8 Å². The topological polar surface area (TPSA) is 63.4 Å². The smallest absolute Gasteiger partial charge is 0.253 e. The van der Waals surface area contributed by atoms with Crippen LogP contribution in [0.2, 0.25) is 0 Å². The van der Waals surface area contributed by atoms with Crippen molar-refractivity contribution in [1.82, 2.24) is 4.98 Å². The van der Waals surface area contributed by atoms with Gasteiger partial charge in [0.25, 0.3) is 5.56 Å². The number of pyridine rings is 1. The lowest BCUT2D eigenvalue weighted by Crippen LogP contribution is -2.16. The largest absolute Gasteiger partial charge is 0.497 e. The van der Waals surface area contributed by atoms with Gasteiger partial charge in [0.2, 0.25) is 0 Å². The molecule has 0 aliphatic rings. The fourth-order valence-corrected chi connectivity index (χ4v) is 3.33. The molecule has 4 rings (SSSR count). The monoisotopic (exact) mass is 386 g/mol. The zero-order valence-corrected chi connectivity index (χ0v) is 16.4. The lowest BCUT2D eigenvalue weighted by molar-refractivity contribution is 0.415. The Morgan fingerprint density at radius 3 is 2.45 bits per heavy atom. The summed E-state index contributed by atoms with van der Waals surface area (Å²) in [7, 11) is 3.24. The fraction of sp³-hybridized carbons (Fsp3) is 0.125. The van der Waals surface area contributed by atoms with Crippen LogP contribution in [-0.4, -0.2) is 19.2 Å². The van der Waals surface area contributed by atoms with Gasteiger partial charge in [-0.1, -0.05) is 36.4 Å². The van der Waals surface area contributed by atoms with Crippen molar-refractivity contribution in [2.24, 2.45) is 0 Å². The predicted molar refractivity (Wildman–Crippen MR) is 117 cm³/mol. The van der Waals surface area contributed by atoms with Gasteiger partial charge in [-0.3, -0.25) is 4.79 Å². The minimum atomic E-state index is -0.128. The van der Waals surface area contributed by atoms with Crippen LogP contribution in [0.25, 0.3) is 22.0 Å². The Bertz CT molecular complexity index is 1200. The molecule has 2 N–H and O–H groups in total. The van der Waals surface area contributed by atoms with Gasteiger partial charge in [-0.25, -0.2) is 0 Å². The van der Waals surface area contributed by atoms with Crippen LogP contribution in [-0.2, 0) is 6.54 Å². The van der Waals surface area contributed by atoms with Crippen LogP contribution >= 0.6 is 0 Å². The van der Waals surface area contributed by atoms with Crippen molar-refractivity contribution in [2.75, 3.05) is 19.5 Å². The molecule has 3 aromatic carbocycles. The third kappa shape index (κ3) is 3.94. The molecule has 0 saturated heterocycles. The molecule has 0 amide bonds. The van der Waals surface area contributed by atoms with Crippen LogP contribution in [0.4, 0.5) is 5.69 Å². The second kappa shape index (κ2) is 8.10. The maximum absolute atomic E-state index is 12.5. The second-order valence-corrected chi connectivity index (χ2v) is 6.71. The first-order valence-electron chi connectivity index (χ1n) is 9.35. The first kappa shape index (κ1) is 18.6. The number of benzene rings is 3. The quantitative estimate of drug-likeness (QED) is 0.498. The summed E-state index contributed by atoms with van der Waals surface area (Å²) >= 11 is 0. The van der Waals surface area contributed by atoms with E-state index in [2.05, 4.69) is 22.4 Å². The SMILES string of the molecule is COc1ccc2cc(CNc3cc(-c4ccccc4)ccc3OC)c(=O)[nH]c2c1. The van der Waals surface area contributed by atoms with Crippen molar-refractivity contribution in [3.8, 4) is 22.6 Å². The Morgan fingerprint density at radius 1 is 0.862 bits per heavy atom. The molecule has 29 heavy (non-hydrogen) atoms. The Kier molecular flexibility index (Phi) is 5.20. The van der Waals surface area contributed by atoms with Crippen molar-refractivity contribution in [3.63, 3.8) is 0 Å². The molecule has 4 aromatic rings. The van der Waals surface area contributed by atoms with Gasteiger partial charge in [0, 0.05) is 18.2 Å². The highest BCUT2D eigenvalue weighted by molar-refractivity contribution is 5.80. The zero-order chi connectivity index (χ0) is 20.2. The van der Waals surface area contributed by atoms with Gasteiger partial charge in [0.05, 0.1) is 25.4 Å². The van der Waals surface area contributed by atoms with Crippen molar-refractivity contribution < 1.29 is 9.47 Å². The van der Waals surface area contributed by atoms with Gasteiger partial charge in [0.1, 0.15) is 11.5 Å². The number of hydrogen-bond donors (Lipinski definition) is 2. The molecule has 0 aliphatic carbocycles. The van der Waals surface area contributed by atoms with Crippen LogP contribution in [0.5, 0.6) is 11.5 Å². The summed E-state index contributed by atoms with van der Waals surface area (Å²) in [6.45, 7) is 0.381. The molecule has 146 valence electrons. The molecule has 0 radical (unpaired) electrons. The van der Waals surface area contributed by atoms with E-state index in [4.69, 9.17) is 9.47 Å². The average Bonchev–Trinajstić information content (AvgIpc) is 2.77. The maximum Gasteiger partial charge on any atom is 0.253 e. The summed E-state index contributed by atoms with van der Waals surface area (Å²) in [5.74, 6) is 1.44. The summed E-state index contributed by atoms with van der Waals surface area (Å²) in [6, 6.07) is 23.7. The van der Waals surface area contributed by atoms with Crippen LogP contribution in [0.15, 0.2) is 77.6 Å². The minimum Gasteiger partial charge on any atom is -0.497 e. The fourth-order valence-electron chi connectivity index (χ4n) is 3.33. The molecule has 0 atom stereocenters. The number of aromatic nitrogens is 1. The highest BCUT2D eigenvalue weighted by Crippen LogP contribution is 2.31. The first-order valence-corrected chi connectivity index (χ1v) is 9.35. The normalized spacial score (nSPS) is 10.7. The molecule has 1 aromatic heterocycles. The number of nitrogens with one attached hydrogen (secondary N) is 2. The number of methoxy groups -OCH3 is 2. The van der Waals surface area contributed by atoms with E-state index in [-0.39, 0.29) is 5.56 Å². The van der Waals surface area contributed by atoms with Gasteiger partial charge < -0.3 is 19.8 Å². The molecule has 0 bridgehead atoms. The summed E-state index contributed by atoms with van der Waals surface area (Å²) in [4.78, 5) is 15.5. The van der Waals surface area contributed by atoms with Crippen LogP contribution in [0, 0.1) is 0 Å². The molecule has 0 spiro atoms. The molecule has 0 fully saturated rings. The zero-order valence-electron chi connectivity index (χ0n) is 16.4. The number of aromatic amines is 1. The van der Waals surface area contributed by atoms with Crippen LogP contribution in [0.3, 0.4) is 0 Å². The highest BCUT2D eigenvalue weighted by atomic mass is 16.5. The van der Waals surface area contributed by atoms with E-state index in [1.807, 2.05) is 60.7 Å². The molecular formula is C24H22N2O3. The number of anilines is 1. The van der Waals surface area contributed by atoms with E-state index in [1.165, 1.54) is 0 Å². The van der Waals surface area contributed by atoms with Crippen molar-refractivity contribution in [3.05, 3.63) is 88.7 Å². The lowest BCUT2D eigenvalue weighted by Gasteiger charge is -2.13. The number of rotatable bonds is 6.